The van der Waals surface area contributed by atoms with Crippen molar-refractivity contribution < 1.29 is 14.6 Å². The highest BCUT2D eigenvalue weighted by Gasteiger charge is 2.24. The molecular weight excluding hydrogens is 266 g/mol. The second-order valence-electron chi connectivity index (χ2n) is 4.64. The van der Waals surface area contributed by atoms with Crippen molar-refractivity contribution in [2.75, 3.05) is 26.3 Å². The first-order valence-corrected chi connectivity index (χ1v) is 6.29. The molecule has 2 rings (SSSR count). The summed E-state index contributed by atoms with van der Waals surface area (Å²) in [6, 6.07) is 1.24. The van der Waals surface area contributed by atoms with Crippen LogP contribution in [0.3, 0.4) is 0 Å². The van der Waals surface area contributed by atoms with Crippen LogP contribution in [0.4, 0.5) is 0 Å². The van der Waals surface area contributed by atoms with Crippen LogP contribution in [-0.4, -0.2) is 57.5 Å². The first-order valence-electron chi connectivity index (χ1n) is 6.29. The molecule has 2 heterocycles. The van der Waals surface area contributed by atoms with E-state index in [1.807, 2.05) is 0 Å². The second-order valence-corrected chi connectivity index (χ2v) is 4.64. The molecule has 1 aromatic rings. The number of aliphatic hydroxyl groups is 1. The quantitative estimate of drug-likeness (QED) is 0.677. The summed E-state index contributed by atoms with van der Waals surface area (Å²) in [6.45, 7) is 0.805. The lowest BCUT2D eigenvalue weighted by Crippen LogP contribution is -2.49. The minimum atomic E-state index is -0.530. The smallest absolute Gasteiger partial charge is 0.331 e. The zero-order valence-corrected chi connectivity index (χ0v) is 11.2. The van der Waals surface area contributed by atoms with Gasteiger partial charge in [0.2, 0.25) is 5.91 Å². The van der Waals surface area contributed by atoms with Crippen LogP contribution in [-0.2, 0) is 23.1 Å². The van der Waals surface area contributed by atoms with Gasteiger partial charge in [-0.2, -0.15) is 0 Å². The molecule has 1 aliphatic heterocycles. The van der Waals surface area contributed by atoms with E-state index in [2.05, 4.69) is 0 Å². The first-order chi connectivity index (χ1) is 9.52. The van der Waals surface area contributed by atoms with Crippen molar-refractivity contribution in [3.8, 4) is 0 Å². The number of aromatic nitrogens is 2. The number of rotatable bonds is 3. The highest BCUT2D eigenvalue weighted by Crippen LogP contribution is 2.05. The third-order valence-corrected chi connectivity index (χ3v) is 3.26. The highest BCUT2D eigenvalue weighted by atomic mass is 16.5. The summed E-state index contributed by atoms with van der Waals surface area (Å²) in [5.74, 6) is -0.243. The molecule has 0 spiro atoms. The molecule has 0 bridgehead atoms. The fourth-order valence-corrected chi connectivity index (χ4v) is 2.04. The molecular formula is C12H17N3O5. The van der Waals surface area contributed by atoms with E-state index in [4.69, 9.17) is 9.84 Å². The van der Waals surface area contributed by atoms with Gasteiger partial charge in [0.25, 0.3) is 5.56 Å². The molecule has 8 heteroatoms. The molecule has 1 aromatic heterocycles. The predicted octanol–water partition coefficient (Wildman–Crippen LogP) is -2.23. The maximum atomic E-state index is 12.1. The van der Waals surface area contributed by atoms with E-state index in [1.54, 1.807) is 4.90 Å². The molecule has 1 unspecified atom stereocenters. The first kappa shape index (κ1) is 14.5. The van der Waals surface area contributed by atoms with Gasteiger partial charge in [0, 0.05) is 32.4 Å². The van der Waals surface area contributed by atoms with Crippen molar-refractivity contribution in [3.63, 3.8) is 0 Å². The van der Waals surface area contributed by atoms with Gasteiger partial charge in [0.1, 0.15) is 6.54 Å². The average molecular weight is 283 g/mol. The van der Waals surface area contributed by atoms with Gasteiger partial charge >= 0.3 is 5.69 Å². The molecule has 110 valence electrons. The van der Waals surface area contributed by atoms with E-state index in [0.717, 1.165) is 4.57 Å². The van der Waals surface area contributed by atoms with E-state index in [-0.39, 0.29) is 25.2 Å². The third kappa shape index (κ3) is 2.97. The Hall–Kier alpha value is -1.93. The topological polar surface area (TPSA) is 93.8 Å². The largest absolute Gasteiger partial charge is 0.394 e. The number of amides is 1. The van der Waals surface area contributed by atoms with Crippen LogP contribution in [0.15, 0.2) is 21.9 Å². The van der Waals surface area contributed by atoms with Crippen LogP contribution in [0, 0.1) is 0 Å². The van der Waals surface area contributed by atoms with Gasteiger partial charge < -0.3 is 14.7 Å². The maximum absolute atomic E-state index is 12.1. The van der Waals surface area contributed by atoms with E-state index in [1.165, 1.54) is 23.9 Å². The molecule has 8 nitrogen and oxygen atoms in total. The zero-order valence-electron chi connectivity index (χ0n) is 11.2. The van der Waals surface area contributed by atoms with Crippen molar-refractivity contribution in [2.45, 2.75) is 12.6 Å². The molecule has 0 aromatic carbocycles. The summed E-state index contributed by atoms with van der Waals surface area (Å²) in [5.41, 5.74) is -0.941. The van der Waals surface area contributed by atoms with Crippen LogP contribution in [0.25, 0.3) is 0 Å². The Bertz CT molecular complexity index is 606. The molecule has 1 amide bonds. The van der Waals surface area contributed by atoms with Gasteiger partial charge in [-0.05, 0) is 0 Å². The molecule has 20 heavy (non-hydrogen) atoms. The van der Waals surface area contributed by atoms with Crippen LogP contribution in [0.2, 0.25) is 0 Å². The number of ether oxygens (including phenoxy) is 1. The predicted molar refractivity (Wildman–Crippen MR) is 69.3 cm³/mol. The third-order valence-electron chi connectivity index (χ3n) is 3.26. The molecule has 1 aliphatic rings. The van der Waals surface area contributed by atoms with E-state index >= 15 is 0 Å². The van der Waals surface area contributed by atoms with Crippen molar-refractivity contribution in [1.29, 1.82) is 0 Å². The zero-order chi connectivity index (χ0) is 14.7. The lowest BCUT2D eigenvalue weighted by molar-refractivity contribution is -0.140. The lowest BCUT2D eigenvalue weighted by Gasteiger charge is -2.32. The lowest BCUT2D eigenvalue weighted by atomic mass is 10.3. The second kappa shape index (κ2) is 6.02. The Kier molecular flexibility index (Phi) is 4.35. The van der Waals surface area contributed by atoms with Crippen molar-refractivity contribution >= 4 is 5.91 Å². The van der Waals surface area contributed by atoms with Gasteiger partial charge in [0.15, 0.2) is 0 Å². The van der Waals surface area contributed by atoms with Gasteiger partial charge in [-0.15, -0.1) is 0 Å². The molecule has 0 radical (unpaired) electrons. The number of carbonyl (C=O) groups excluding carboxylic acids is 1. The Morgan fingerprint density at radius 1 is 1.50 bits per heavy atom. The number of morpholine rings is 1. The Balaban J connectivity index is 2.10. The summed E-state index contributed by atoms with van der Waals surface area (Å²) in [4.78, 5) is 36.8. The van der Waals surface area contributed by atoms with E-state index in [9.17, 15) is 14.4 Å². The Morgan fingerprint density at radius 2 is 2.25 bits per heavy atom. The monoisotopic (exact) mass is 283 g/mol. The summed E-state index contributed by atoms with van der Waals surface area (Å²) in [7, 11) is 1.36. The number of hydrogen-bond acceptors (Lipinski definition) is 5. The molecule has 1 atom stereocenters. The average Bonchev–Trinajstić information content (AvgIpc) is 2.48. The van der Waals surface area contributed by atoms with E-state index < -0.39 is 11.2 Å². The van der Waals surface area contributed by atoms with Gasteiger partial charge in [0.05, 0.1) is 19.3 Å². The van der Waals surface area contributed by atoms with Gasteiger partial charge in [-0.25, -0.2) is 4.79 Å². The molecule has 0 saturated carbocycles. The molecule has 0 aliphatic carbocycles. The maximum Gasteiger partial charge on any atom is 0.331 e. The van der Waals surface area contributed by atoms with Gasteiger partial charge in [-0.3, -0.25) is 18.7 Å². The van der Waals surface area contributed by atoms with E-state index in [0.29, 0.717) is 19.7 Å². The number of carbonyl (C=O) groups is 1. The van der Waals surface area contributed by atoms with Gasteiger partial charge in [-0.1, -0.05) is 0 Å². The Labute approximate surface area is 114 Å². The van der Waals surface area contributed by atoms with Crippen molar-refractivity contribution in [3.05, 3.63) is 33.1 Å². The summed E-state index contributed by atoms with van der Waals surface area (Å²) in [5, 5.41) is 9.04. The van der Waals surface area contributed by atoms with Crippen LogP contribution in [0.1, 0.15) is 0 Å². The Morgan fingerprint density at radius 3 is 2.95 bits per heavy atom. The van der Waals surface area contributed by atoms with Crippen LogP contribution < -0.4 is 11.2 Å². The minimum Gasteiger partial charge on any atom is -0.394 e. The normalized spacial score (nSPS) is 19.1. The molecule has 1 N–H and O–H groups in total. The fraction of sp³-hybridized carbons (Fsp3) is 0.583. The van der Waals surface area contributed by atoms with Crippen LogP contribution in [0.5, 0.6) is 0 Å². The number of nitrogens with zero attached hydrogens (tertiary/aromatic N) is 3. The summed E-state index contributed by atoms with van der Waals surface area (Å²) in [6.07, 6.45) is 0.927. The van der Waals surface area contributed by atoms with Crippen molar-refractivity contribution in [1.82, 2.24) is 14.0 Å². The molecule has 1 saturated heterocycles. The number of aliphatic hydroxyl groups excluding tert-OH is 1. The summed E-state index contributed by atoms with van der Waals surface area (Å²) >= 11 is 0. The summed E-state index contributed by atoms with van der Waals surface area (Å²) < 4.78 is 7.39. The van der Waals surface area contributed by atoms with Crippen LogP contribution >= 0.6 is 0 Å². The SMILES string of the molecule is Cn1c(=O)ccn(CC(=O)N2CCOC(CO)C2)c1=O. The van der Waals surface area contributed by atoms with Crippen molar-refractivity contribution in [2.24, 2.45) is 7.05 Å². The highest BCUT2D eigenvalue weighted by molar-refractivity contribution is 5.76. The standard InChI is InChI=1S/C12H17N3O5/c1-13-10(17)2-3-15(12(13)19)7-11(18)14-4-5-20-9(6-14)8-16/h2-3,9,16H,4-8H2,1H3. The minimum absolute atomic E-state index is 0.134. The fourth-order valence-electron chi connectivity index (χ4n) is 2.04. The number of hydrogen-bond donors (Lipinski definition) is 1. The molecule has 1 fully saturated rings.